The van der Waals surface area contributed by atoms with E-state index >= 15 is 0 Å². The third kappa shape index (κ3) is 5.19. The number of fused-ring (bicyclic) bond motifs is 1. The molecule has 194 valence electrons. The summed E-state index contributed by atoms with van der Waals surface area (Å²) in [5.41, 5.74) is 3.44. The number of rotatable bonds is 7. The van der Waals surface area contributed by atoms with E-state index in [2.05, 4.69) is 20.7 Å². The normalized spacial score (nSPS) is 18.3. The van der Waals surface area contributed by atoms with Gasteiger partial charge in [-0.05, 0) is 67.1 Å². The third-order valence-electron chi connectivity index (χ3n) is 7.17. The van der Waals surface area contributed by atoms with E-state index in [4.69, 9.17) is 9.47 Å². The number of hydrogen-bond donors (Lipinski definition) is 3. The van der Waals surface area contributed by atoms with Crippen molar-refractivity contribution in [2.45, 2.75) is 44.3 Å². The topological polar surface area (TPSA) is 110 Å². The van der Waals surface area contributed by atoms with Gasteiger partial charge in [-0.1, -0.05) is 24.3 Å². The first-order chi connectivity index (χ1) is 18.6. The van der Waals surface area contributed by atoms with E-state index in [1.165, 1.54) is 0 Å². The number of aromatic amines is 1. The Morgan fingerprint density at radius 1 is 0.974 bits per heavy atom. The van der Waals surface area contributed by atoms with Crippen LogP contribution in [0.2, 0.25) is 0 Å². The molecule has 38 heavy (non-hydrogen) atoms. The Kier molecular flexibility index (Phi) is 6.66. The fraction of sp³-hybridized carbons (Fsp3) is 0.276. The van der Waals surface area contributed by atoms with Gasteiger partial charge in [0.2, 0.25) is 6.79 Å². The number of ether oxygens (including phenoxy) is 2. The molecule has 0 saturated heterocycles. The number of carbonyl (C=O) groups excluding carboxylic acids is 1. The lowest BCUT2D eigenvalue weighted by molar-refractivity contribution is 0.0922. The highest BCUT2D eigenvalue weighted by Gasteiger charge is 2.24. The van der Waals surface area contributed by atoms with Crippen LogP contribution in [0.4, 0.5) is 0 Å². The minimum Gasteiger partial charge on any atom is -0.454 e. The summed E-state index contributed by atoms with van der Waals surface area (Å²) in [6.07, 6.45) is 9.15. The highest BCUT2D eigenvalue weighted by Crippen LogP contribution is 2.35. The monoisotopic (exact) mass is 511 g/mol. The Balaban J connectivity index is 1.02. The molecule has 1 saturated carbocycles. The van der Waals surface area contributed by atoms with Gasteiger partial charge in [0.1, 0.15) is 5.56 Å². The average molecular weight is 512 g/mol. The van der Waals surface area contributed by atoms with Gasteiger partial charge in [-0.15, -0.1) is 0 Å². The third-order valence-corrected chi connectivity index (χ3v) is 7.17. The summed E-state index contributed by atoms with van der Waals surface area (Å²) in [4.78, 5) is 28.2. The molecule has 2 aromatic heterocycles. The second kappa shape index (κ2) is 10.5. The van der Waals surface area contributed by atoms with E-state index in [9.17, 15) is 9.59 Å². The van der Waals surface area contributed by atoms with Crippen molar-refractivity contribution in [1.82, 2.24) is 25.4 Å². The van der Waals surface area contributed by atoms with Crippen molar-refractivity contribution in [3.05, 3.63) is 94.7 Å². The first-order valence-corrected chi connectivity index (χ1v) is 12.9. The largest absolute Gasteiger partial charge is 0.454 e. The lowest BCUT2D eigenvalue weighted by Crippen LogP contribution is -2.43. The summed E-state index contributed by atoms with van der Waals surface area (Å²) in [6.45, 7) is 0.936. The molecule has 4 aromatic rings. The number of pyridine rings is 1. The highest BCUT2D eigenvalue weighted by molar-refractivity contribution is 5.95. The van der Waals surface area contributed by atoms with Crippen molar-refractivity contribution in [2.75, 3.05) is 6.79 Å². The quantitative estimate of drug-likeness (QED) is 0.348. The number of H-pyrrole nitrogens is 1. The molecule has 0 bridgehead atoms. The van der Waals surface area contributed by atoms with Crippen LogP contribution in [0.25, 0.3) is 16.8 Å². The maximum absolute atomic E-state index is 13.0. The molecule has 0 radical (unpaired) electrons. The fourth-order valence-electron chi connectivity index (χ4n) is 5.04. The molecule has 1 amide bonds. The van der Waals surface area contributed by atoms with E-state index in [-0.39, 0.29) is 24.3 Å². The molecular formula is C29H29N5O4. The standard InChI is InChI=1S/C29H29N5O4/c35-28-25(12-21(16-31-28)20-6-11-26-27(13-20)38-18-37-26)29(36)33-23-9-7-22(8-10-23)30-14-19-15-32-34(17-19)24-4-2-1-3-5-24/h1-6,11-13,15-17,22-23,30H,7-10,14,18H2,(H,31,35)(H,33,36). The van der Waals surface area contributed by atoms with Gasteiger partial charge < -0.3 is 25.1 Å². The number of carbonyl (C=O) groups is 1. The molecule has 9 heteroatoms. The summed E-state index contributed by atoms with van der Waals surface area (Å²) in [5, 5.41) is 11.1. The molecule has 1 fully saturated rings. The SMILES string of the molecule is O=C(NC1CCC(NCc2cnn(-c3ccccc3)c2)CC1)c1cc(-c2ccc3c(c2)OCO3)c[nH]c1=O. The summed E-state index contributed by atoms with van der Waals surface area (Å²) >= 11 is 0. The molecular weight excluding hydrogens is 482 g/mol. The van der Waals surface area contributed by atoms with Crippen LogP contribution in [0, 0.1) is 0 Å². The number of hydrogen-bond acceptors (Lipinski definition) is 6. The molecule has 1 aliphatic heterocycles. The van der Waals surface area contributed by atoms with Gasteiger partial charge in [0.25, 0.3) is 11.5 Å². The van der Waals surface area contributed by atoms with Crippen LogP contribution in [-0.2, 0) is 6.54 Å². The first kappa shape index (κ1) is 24.0. The zero-order chi connectivity index (χ0) is 25.9. The Morgan fingerprint density at radius 3 is 2.61 bits per heavy atom. The van der Waals surface area contributed by atoms with Crippen molar-refractivity contribution in [3.63, 3.8) is 0 Å². The number of nitrogens with one attached hydrogen (secondary N) is 3. The molecule has 0 unspecified atom stereocenters. The molecule has 1 aliphatic carbocycles. The zero-order valence-electron chi connectivity index (χ0n) is 20.9. The zero-order valence-corrected chi connectivity index (χ0v) is 20.9. The van der Waals surface area contributed by atoms with Gasteiger partial charge in [-0.2, -0.15) is 5.10 Å². The van der Waals surface area contributed by atoms with E-state index < -0.39 is 5.56 Å². The molecule has 9 nitrogen and oxygen atoms in total. The van der Waals surface area contributed by atoms with E-state index in [0.717, 1.165) is 54.6 Å². The second-order valence-electron chi connectivity index (χ2n) is 9.73. The number of benzene rings is 2. The summed E-state index contributed by atoms with van der Waals surface area (Å²) in [6, 6.07) is 17.6. The fourth-order valence-corrected chi connectivity index (χ4v) is 5.04. The Morgan fingerprint density at radius 2 is 1.76 bits per heavy atom. The lowest BCUT2D eigenvalue weighted by Gasteiger charge is -2.29. The second-order valence-corrected chi connectivity index (χ2v) is 9.73. The number of amides is 1. The smallest absolute Gasteiger partial charge is 0.260 e. The van der Waals surface area contributed by atoms with Crippen LogP contribution < -0.4 is 25.7 Å². The Labute approximate surface area is 219 Å². The van der Waals surface area contributed by atoms with Gasteiger partial charge in [0.15, 0.2) is 11.5 Å². The van der Waals surface area contributed by atoms with Gasteiger partial charge in [-0.25, -0.2) is 4.68 Å². The van der Waals surface area contributed by atoms with Crippen molar-refractivity contribution in [2.24, 2.45) is 0 Å². The minimum atomic E-state index is -0.404. The molecule has 0 spiro atoms. The van der Waals surface area contributed by atoms with Crippen LogP contribution in [0.3, 0.4) is 0 Å². The summed E-state index contributed by atoms with van der Waals surface area (Å²) in [7, 11) is 0. The van der Waals surface area contributed by atoms with Crippen molar-refractivity contribution in [1.29, 1.82) is 0 Å². The predicted octanol–water partition coefficient (Wildman–Crippen LogP) is 3.79. The molecule has 2 aromatic carbocycles. The van der Waals surface area contributed by atoms with Gasteiger partial charge in [0.05, 0.1) is 11.9 Å². The maximum Gasteiger partial charge on any atom is 0.260 e. The molecule has 0 atom stereocenters. The van der Waals surface area contributed by atoms with Crippen molar-refractivity contribution >= 4 is 5.91 Å². The van der Waals surface area contributed by atoms with Crippen molar-refractivity contribution < 1.29 is 14.3 Å². The first-order valence-electron chi connectivity index (χ1n) is 12.9. The molecule has 6 rings (SSSR count). The molecule has 3 N–H and O–H groups in total. The predicted molar refractivity (Wildman–Crippen MR) is 143 cm³/mol. The summed E-state index contributed by atoms with van der Waals surface area (Å²) < 4.78 is 12.7. The van der Waals surface area contributed by atoms with E-state index in [1.54, 1.807) is 12.3 Å². The number of nitrogens with zero attached hydrogens (tertiary/aromatic N) is 2. The van der Waals surface area contributed by atoms with Crippen LogP contribution in [0.15, 0.2) is 78.0 Å². The van der Waals surface area contributed by atoms with Crippen LogP contribution in [-0.4, -0.2) is 39.5 Å². The van der Waals surface area contributed by atoms with Crippen LogP contribution in [0.1, 0.15) is 41.6 Å². The van der Waals surface area contributed by atoms with E-state index in [0.29, 0.717) is 17.5 Å². The lowest BCUT2D eigenvalue weighted by atomic mass is 9.91. The van der Waals surface area contributed by atoms with Gasteiger partial charge >= 0.3 is 0 Å². The number of para-hydroxylation sites is 1. The maximum atomic E-state index is 13.0. The molecule has 2 aliphatic rings. The van der Waals surface area contributed by atoms with Gasteiger partial charge in [0, 0.05) is 36.6 Å². The Hall–Kier alpha value is -4.37. The average Bonchev–Trinajstić information content (AvgIpc) is 3.63. The highest BCUT2D eigenvalue weighted by atomic mass is 16.7. The van der Waals surface area contributed by atoms with Gasteiger partial charge in [-0.3, -0.25) is 9.59 Å². The van der Waals surface area contributed by atoms with E-state index in [1.807, 2.05) is 65.6 Å². The molecule has 3 heterocycles. The number of aromatic nitrogens is 3. The minimum absolute atomic E-state index is 0.0370. The van der Waals surface area contributed by atoms with Crippen LogP contribution >= 0.6 is 0 Å². The summed E-state index contributed by atoms with van der Waals surface area (Å²) in [5.74, 6) is 0.983. The van der Waals surface area contributed by atoms with Crippen LogP contribution in [0.5, 0.6) is 11.5 Å². The van der Waals surface area contributed by atoms with Crippen molar-refractivity contribution in [3.8, 4) is 28.3 Å². The Bertz CT molecular complexity index is 1490.